The van der Waals surface area contributed by atoms with Gasteiger partial charge in [-0.1, -0.05) is 46.8 Å². The minimum atomic E-state index is 0.241. The molecule has 108 valence electrons. The first-order valence-corrected chi connectivity index (χ1v) is 8.83. The molecule has 0 atom stereocenters. The van der Waals surface area contributed by atoms with E-state index in [1.165, 1.54) is 29.1 Å². The summed E-state index contributed by atoms with van der Waals surface area (Å²) in [5.74, 6) is 2.14. The monoisotopic (exact) mass is 296 g/mol. The van der Waals surface area contributed by atoms with Crippen molar-refractivity contribution in [3.63, 3.8) is 0 Å². The summed E-state index contributed by atoms with van der Waals surface area (Å²) in [4.78, 5) is 1.38. The molecule has 0 saturated carbocycles. The topological polar surface area (TPSA) is 0 Å². The van der Waals surface area contributed by atoms with Crippen LogP contribution in [0.5, 0.6) is 0 Å². The van der Waals surface area contributed by atoms with Gasteiger partial charge in [0.05, 0.1) is 0 Å². The molecule has 0 aliphatic heterocycles. The van der Waals surface area contributed by atoms with Gasteiger partial charge in [0.2, 0.25) is 0 Å². The van der Waals surface area contributed by atoms with Gasteiger partial charge in [0.1, 0.15) is 0 Å². The average molecular weight is 297 g/mol. The number of benzene rings is 1. The molecule has 0 heterocycles. The van der Waals surface area contributed by atoms with Crippen LogP contribution in [0.2, 0.25) is 0 Å². The molecule has 0 unspecified atom stereocenters. The SMILES string of the molecule is CCC(CC)(CS)CSc1ccc(C(C)(C)C)cc1. The molecule has 0 aliphatic carbocycles. The Hall–Kier alpha value is -0.0800. The van der Waals surface area contributed by atoms with Gasteiger partial charge in [-0.3, -0.25) is 0 Å². The molecule has 2 heteroatoms. The fraction of sp³-hybridized carbons (Fsp3) is 0.647. The second-order valence-electron chi connectivity index (χ2n) is 6.43. The fourth-order valence-electron chi connectivity index (χ4n) is 2.01. The molecule has 1 aromatic rings. The second-order valence-corrected chi connectivity index (χ2v) is 7.79. The molecule has 0 nitrogen and oxygen atoms in total. The van der Waals surface area contributed by atoms with Crippen molar-refractivity contribution in [1.29, 1.82) is 0 Å². The predicted octanol–water partition coefficient (Wildman–Crippen LogP) is 5.81. The van der Waals surface area contributed by atoms with Crippen LogP contribution in [-0.2, 0) is 5.41 Å². The van der Waals surface area contributed by atoms with Gasteiger partial charge < -0.3 is 0 Å². The van der Waals surface area contributed by atoms with Crippen molar-refractivity contribution in [2.24, 2.45) is 5.41 Å². The highest BCUT2D eigenvalue weighted by molar-refractivity contribution is 7.99. The van der Waals surface area contributed by atoms with Gasteiger partial charge in [-0.15, -0.1) is 11.8 Å². The maximum Gasteiger partial charge on any atom is 0.00723 e. The van der Waals surface area contributed by atoms with E-state index >= 15 is 0 Å². The summed E-state index contributed by atoms with van der Waals surface area (Å²) in [6, 6.07) is 9.06. The number of thioether (sulfide) groups is 1. The lowest BCUT2D eigenvalue weighted by Crippen LogP contribution is -2.24. The normalized spacial score (nSPS) is 12.7. The Bertz CT molecular complexity index is 361. The zero-order valence-electron chi connectivity index (χ0n) is 13.0. The molecule has 0 spiro atoms. The average Bonchev–Trinajstić information content (AvgIpc) is 2.40. The van der Waals surface area contributed by atoms with Gasteiger partial charge in [-0.05, 0) is 47.1 Å². The van der Waals surface area contributed by atoms with Gasteiger partial charge in [-0.25, -0.2) is 0 Å². The highest BCUT2D eigenvalue weighted by atomic mass is 32.2. The third-order valence-corrected chi connectivity index (χ3v) is 6.13. The van der Waals surface area contributed by atoms with Crippen molar-refractivity contribution >= 4 is 24.4 Å². The molecule has 0 radical (unpaired) electrons. The van der Waals surface area contributed by atoms with E-state index in [0.29, 0.717) is 5.41 Å². The van der Waals surface area contributed by atoms with Crippen LogP contribution < -0.4 is 0 Å². The Labute approximate surface area is 129 Å². The van der Waals surface area contributed by atoms with Crippen LogP contribution in [0.15, 0.2) is 29.2 Å². The van der Waals surface area contributed by atoms with E-state index in [2.05, 4.69) is 71.5 Å². The molecule has 0 N–H and O–H groups in total. The number of thiol groups is 1. The lowest BCUT2D eigenvalue weighted by molar-refractivity contribution is 0.357. The summed E-state index contributed by atoms with van der Waals surface area (Å²) < 4.78 is 0. The summed E-state index contributed by atoms with van der Waals surface area (Å²) in [6.07, 6.45) is 2.42. The first-order valence-electron chi connectivity index (χ1n) is 7.21. The summed E-state index contributed by atoms with van der Waals surface area (Å²) in [6.45, 7) is 11.3. The molecule has 0 aromatic heterocycles. The van der Waals surface area contributed by atoms with E-state index in [0.717, 1.165) is 5.75 Å². The van der Waals surface area contributed by atoms with Gasteiger partial charge in [0, 0.05) is 10.6 Å². The minimum Gasteiger partial charge on any atom is -0.179 e. The molecular formula is C17H28S2. The maximum absolute atomic E-state index is 4.55. The van der Waals surface area contributed by atoms with Crippen molar-refractivity contribution in [1.82, 2.24) is 0 Å². The third-order valence-electron chi connectivity index (χ3n) is 4.10. The van der Waals surface area contributed by atoms with Crippen LogP contribution >= 0.6 is 24.4 Å². The molecule has 1 rings (SSSR count). The zero-order chi connectivity index (χ0) is 14.5. The Morgan fingerprint density at radius 2 is 1.53 bits per heavy atom. The predicted molar refractivity (Wildman–Crippen MR) is 92.7 cm³/mol. The van der Waals surface area contributed by atoms with E-state index in [1.807, 2.05) is 11.8 Å². The highest BCUT2D eigenvalue weighted by Crippen LogP contribution is 2.35. The van der Waals surface area contributed by atoms with Gasteiger partial charge in [0.25, 0.3) is 0 Å². The first kappa shape index (κ1) is 17.0. The largest absolute Gasteiger partial charge is 0.179 e. The Balaban J connectivity index is 2.69. The quantitative estimate of drug-likeness (QED) is 0.510. The fourth-order valence-corrected chi connectivity index (χ4v) is 4.03. The van der Waals surface area contributed by atoms with E-state index < -0.39 is 0 Å². The molecule has 1 aromatic carbocycles. The van der Waals surface area contributed by atoms with Gasteiger partial charge >= 0.3 is 0 Å². The van der Waals surface area contributed by atoms with Crippen LogP contribution in [0, 0.1) is 5.41 Å². The lowest BCUT2D eigenvalue weighted by atomic mass is 9.87. The van der Waals surface area contributed by atoms with Crippen molar-refractivity contribution in [3.05, 3.63) is 29.8 Å². The van der Waals surface area contributed by atoms with E-state index in [-0.39, 0.29) is 5.41 Å². The van der Waals surface area contributed by atoms with Crippen LogP contribution in [0.25, 0.3) is 0 Å². The van der Waals surface area contributed by atoms with Crippen molar-refractivity contribution in [2.75, 3.05) is 11.5 Å². The zero-order valence-corrected chi connectivity index (χ0v) is 14.7. The maximum atomic E-state index is 4.55. The summed E-state index contributed by atoms with van der Waals surface area (Å²) in [5, 5.41) is 0. The van der Waals surface area contributed by atoms with Crippen LogP contribution in [-0.4, -0.2) is 11.5 Å². The molecule has 19 heavy (non-hydrogen) atoms. The third kappa shape index (κ3) is 4.75. The minimum absolute atomic E-state index is 0.241. The smallest absolute Gasteiger partial charge is 0.00723 e. The van der Waals surface area contributed by atoms with Crippen LogP contribution in [0.1, 0.15) is 53.0 Å². The summed E-state index contributed by atoms with van der Waals surface area (Å²) >= 11 is 6.52. The second kappa shape index (κ2) is 7.08. The van der Waals surface area contributed by atoms with E-state index in [4.69, 9.17) is 0 Å². The number of hydrogen-bond acceptors (Lipinski definition) is 2. The van der Waals surface area contributed by atoms with Crippen LogP contribution in [0.4, 0.5) is 0 Å². The molecule has 0 aliphatic rings. The van der Waals surface area contributed by atoms with Crippen molar-refractivity contribution in [3.8, 4) is 0 Å². The van der Waals surface area contributed by atoms with Gasteiger partial charge in [-0.2, -0.15) is 12.6 Å². The highest BCUT2D eigenvalue weighted by Gasteiger charge is 2.24. The number of hydrogen-bond donors (Lipinski definition) is 1. The van der Waals surface area contributed by atoms with Crippen LogP contribution in [0.3, 0.4) is 0 Å². The molecule has 0 fully saturated rings. The van der Waals surface area contributed by atoms with E-state index in [1.54, 1.807) is 0 Å². The van der Waals surface area contributed by atoms with Crippen molar-refractivity contribution in [2.45, 2.75) is 57.8 Å². The van der Waals surface area contributed by atoms with Crippen molar-refractivity contribution < 1.29 is 0 Å². The lowest BCUT2D eigenvalue weighted by Gasteiger charge is -2.29. The molecular weight excluding hydrogens is 268 g/mol. The summed E-state index contributed by atoms with van der Waals surface area (Å²) in [5.41, 5.74) is 2.03. The van der Waals surface area contributed by atoms with Gasteiger partial charge in [0.15, 0.2) is 0 Å². The Morgan fingerprint density at radius 3 is 1.89 bits per heavy atom. The molecule has 0 amide bonds. The number of rotatable bonds is 6. The standard InChI is InChI=1S/C17H28S2/c1-6-17(7-2,12-18)13-19-15-10-8-14(9-11-15)16(3,4)5/h8-11,18H,6-7,12-13H2,1-5H3. The Kier molecular flexibility index (Phi) is 6.32. The first-order chi connectivity index (χ1) is 8.87. The van der Waals surface area contributed by atoms with E-state index in [9.17, 15) is 0 Å². The molecule has 0 bridgehead atoms. The molecule has 0 saturated heterocycles. The Morgan fingerprint density at radius 1 is 1.00 bits per heavy atom. The summed E-state index contributed by atoms with van der Waals surface area (Å²) in [7, 11) is 0.